The van der Waals surface area contributed by atoms with Gasteiger partial charge in [-0.1, -0.05) is 120 Å². The van der Waals surface area contributed by atoms with Crippen LogP contribution in [0.1, 0.15) is 185 Å². The number of para-hydroxylation sites is 11. The van der Waals surface area contributed by atoms with Crippen LogP contribution in [0, 0.1) is 26.0 Å². The number of ether oxygens (including phenoxy) is 1. The van der Waals surface area contributed by atoms with E-state index in [2.05, 4.69) is 67.7 Å². The molecule has 36 heteroatoms. The fraction of sp³-hybridized carbons (Fsp3) is 0.302. The van der Waals surface area contributed by atoms with Crippen LogP contribution in [0.4, 0.5) is 84.4 Å². The van der Waals surface area contributed by atoms with Gasteiger partial charge < -0.3 is 61.8 Å². The van der Waals surface area contributed by atoms with Gasteiger partial charge in [0.2, 0.25) is 11.7 Å². The molecule has 22 rings (SSSR count). The number of anilines is 12. The molecule has 5 aromatic heterocycles. The standard InChI is InChI=1S/C20H21N3O3.C19H20N4O3.C16H15ClN2O.C16H14N2O.C9H10N2O2.C9H12N2.C6H3Cl2NO.C6H4FNO2.C3H7N.C2H6O/c1-26-18(24)9-5-13-22-16-7-2-3-8-17(16)23(14-10-11-14)19-15(20(22)25)6-4-12-21-19;24-17(21-26)8-4-12-22-15-6-1-2-7-16(15)23(13-9-10-13)18-14(19(22)25)5-3-11-20-18;17-16-13(5-3-9-18-16)15(20)10-11-4-1-2-6-14(11)19-12-7-8-12;19-15-10-11-4-1-2-6-14(11)18(12-7-8-12)16-13(15)5-3-9-17-16;12-11(13)9-4-2-1-3-8(9)10-7-5-6-7;10-8-3-1-2-4-9(8)11-7-5-6-7;7-5-4(6(8)10)2-1-3-9-5;7-5-3-1-2-4-6(5)8(9)10;4-3-1-2-3;1-2-3/h2-4,6-8,12,14H,5,9-11,13H2,1H3;1-3,5-7,11,13,26H,4,8-10,12H2,(H,21,24);1-6,9,12,19H,7-8,10H2;1-6,9,12H,7-8,10H2;1-4,7,10H,5-6H2;1-4,7,11H,5-6,10H2;1-3H;1-4H;3H,1-2,4H2;3H,2H2,1H3. The Morgan fingerprint density at radius 1 is 0.479 bits per heavy atom. The summed E-state index contributed by atoms with van der Waals surface area (Å²) in [5, 5.41) is 46.6. The van der Waals surface area contributed by atoms with E-state index >= 15 is 0 Å². The van der Waals surface area contributed by atoms with E-state index in [1.165, 1.54) is 88.9 Å². The summed E-state index contributed by atoms with van der Waals surface area (Å²) in [6, 6.07) is 72.5. The van der Waals surface area contributed by atoms with Crippen LogP contribution < -0.4 is 57.4 Å². The maximum absolute atomic E-state index is 13.3. The van der Waals surface area contributed by atoms with Crippen molar-refractivity contribution in [2.75, 3.05) is 73.0 Å². The number of nitrogens with two attached hydrogens (primary N) is 2. The van der Waals surface area contributed by atoms with Crippen molar-refractivity contribution in [2.45, 2.75) is 178 Å². The van der Waals surface area contributed by atoms with E-state index in [0.29, 0.717) is 109 Å². The minimum atomic E-state index is -0.799. The lowest BCUT2D eigenvalue weighted by atomic mass is 10.0. The number of carbonyl (C=O) groups excluding carboxylic acids is 7. The smallest absolute Gasteiger partial charge is 0.305 e. The van der Waals surface area contributed by atoms with Crippen molar-refractivity contribution in [2.24, 2.45) is 5.73 Å². The number of nitrogens with zero attached hydrogens (tertiary/aromatic N) is 12. The zero-order chi connectivity index (χ0) is 101. The zero-order valence-corrected chi connectivity index (χ0v) is 80.7. The number of nitrogen functional groups attached to an aromatic ring is 1. The van der Waals surface area contributed by atoms with Crippen LogP contribution in [-0.4, -0.2) is 155 Å². The molecule has 7 fully saturated rings. The van der Waals surface area contributed by atoms with E-state index < -0.39 is 27.6 Å². The first-order chi connectivity index (χ1) is 68.9. The third-order valence-corrected chi connectivity index (χ3v) is 24.1. The largest absolute Gasteiger partial charge is 0.469 e. The lowest BCUT2D eigenvalue weighted by Crippen LogP contribution is -2.32. The lowest BCUT2D eigenvalue weighted by molar-refractivity contribution is -0.387. The number of hydrogen-bond donors (Lipinski definition) is 8. The Morgan fingerprint density at radius 2 is 0.866 bits per heavy atom. The second kappa shape index (κ2) is 51.4. The number of Topliss-reactive ketones (excluding diaryl/α,β-unsaturated/α-hetero) is 2. The minimum absolute atomic E-state index is 0.00635. The van der Waals surface area contributed by atoms with Gasteiger partial charge in [0.15, 0.2) is 11.6 Å². The maximum atomic E-state index is 13.3. The summed E-state index contributed by atoms with van der Waals surface area (Å²) >= 11 is 16.6. The third-order valence-electron chi connectivity index (χ3n) is 23.3. The molecule has 0 spiro atoms. The third kappa shape index (κ3) is 29.9. The number of amides is 3. The highest BCUT2D eigenvalue weighted by Gasteiger charge is 2.42. The van der Waals surface area contributed by atoms with Gasteiger partial charge in [0, 0.05) is 142 Å². The quantitative estimate of drug-likeness (QED) is 0.00431. The lowest BCUT2D eigenvalue weighted by Gasteiger charge is -2.26. The number of pyridine rings is 5. The number of carbonyl (C=O) groups is 7. The van der Waals surface area contributed by atoms with E-state index in [0.717, 1.165) is 124 Å². The molecular formula is C106H112Cl3FN18O14. The molecule has 142 heavy (non-hydrogen) atoms. The molecule has 10 aliphatic rings. The van der Waals surface area contributed by atoms with Gasteiger partial charge in [-0.3, -0.25) is 59.0 Å². The molecule has 3 aliphatic heterocycles. The fourth-order valence-corrected chi connectivity index (χ4v) is 15.9. The highest BCUT2D eigenvalue weighted by molar-refractivity contribution is 6.68. The van der Waals surface area contributed by atoms with Gasteiger partial charge >= 0.3 is 11.7 Å². The summed E-state index contributed by atoms with van der Waals surface area (Å²) in [7, 11) is 1.38. The second-order valence-electron chi connectivity index (χ2n) is 34.6. The van der Waals surface area contributed by atoms with Gasteiger partial charge in [0.25, 0.3) is 22.7 Å². The van der Waals surface area contributed by atoms with Crippen molar-refractivity contribution >= 4 is 155 Å². The highest BCUT2D eigenvalue weighted by Crippen LogP contribution is 2.49. The molecule has 0 radical (unpaired) electrons. The number of halogens is 4. The van der Waals surface area contributed by atoms with E-state index in [1.807, 2.05) is 127 Å². The van der Waals surface area contributed by atoms with Crippen LogP contribution in [0.15, 0.2) is 262 Å². The summed E-state index contributed by atoms with van der Waals surface area (Å²) in [5.41, 5.74) is 25.4. The van der Waals surface area contributed by atoms with Gasteiger partial charge in [0.1, 0.15) is 33.4 Å². The number of aliphatic hydroxyl groups excluding tert-OH is 1. The predicted octanol–water partition coefficient (Wildman–Crippen LogP) is 20.7. The molecule has 12 aromatic rings. The molecule has 3 amide bonds. The number of nitrogens with one attached hydrogen (secondary N) is 4. The number of hydrogen-bond acceptors (Lipinski definition) is 27. The molecule has 738 valence electrons. The predicted molar refractivity (Wildman–Crippen MR) is 549 cm³/mol. The number of hydroxylamine groups is 1. The topological polar surface area (TPSA) is 436 Å². The number of fused-ring (bicyclic) bond motifs is 6. The van der Waals surface area contributed by atoms with Gasteiger partial charge in [-0.2, -0.15) is 4.39 Å². The monoisotopic (exact) mass is 1980 g/mol. The minimum Gasteiger partial charge on any atom is -0.469 e. The number of ketones is 2. The number of nitro benzene ring substituents is 2. The van der Waals surface area contributed by atoms with Crippen molar-refractivity contribution in [3.63, 3.8) is 0 Å². The Hall–Kier alpha value is -14.7. The molecule has 10 N–H and O–H groups in total. The first-order valence-electron chi connectivity index (χ1n) is 47.2. The average molecular weight is 1990 g/mol. The summed E-state index contributed by atoms with van der Waals surface area (Å²) in [5.74, 6) is 0.705. The Labute approximate surface area is 836 Å². The Balaban J connectivity index is 0.000000138. The Kier molecular flexibility index (Phi) is 37.9. The molecule has 0 unspecified atom stereocenters. The first kappa shape index (κ1) is 105. The van der Waals surface area contributed by atoms with Crippen molar-refractivity contribution in [1.29, 1.82) is 0 Å². The normalized spacial score (nSPS) is 15.0. The SMILES string of the molecule is CCO.COC(=O)CCCN1C(=O)c2cccnc2N(C2CC2)c2ccccc21.NC1CC1.Nc1ccccc1NC1CC1.O=C(CCCN1C(=O)c2cccnc2N(C2CC2)c2ccccc21)NO.O=C(Cc1ccccc1NC1CC1)c1cccnc1Cl.O=C(Cl)c1cccnc1Cl.O=C1Cc2ccccc2N(C2CC2)c2ncccc21.O=[N+]([O-])c1ccccc1F.O=[N+]([O-])c1ccccc1NC1CC1. The summed E-state index contributed by atoms with van der Waals surface area (Å²) in [6.45, 7) is 2.77. The summed E-state index contributed by atoms with van der Waals surface area (Å²) in [4.78, 5) is 135. The van der Waals surface area contributed by atoms with Crippen LogP contribution in [0.3, 0.4) is 0 Å². The Morgan fingerprint density at radius 3 is 1.31 bits per heavy atom. The molecule has 7 aromatic carbocycles. The van der Waals surface area contributed by atoms with Gasteiger partial charge in [0.05, 0.1) is 78.9 Å². The zero-order valence-electron chi connectivity index (χ0n) is 78.5. The van der Waals surface area contributed by atoms with Gasteiger partial charge in [-0.05, 0) is 254 Å². The van der Waals surface area contributed by atoms with E-state index in [9.17, 15) is 58.2 Å². The second-order valence-corrected chi connectivity index (χ2v) is 35.6. The van der Waals surface area contributed by atoms with Crippen LogP contribution in [0.25, 0.3) is 0 Å². The number of rotatable bonds is 23. The number of aliphatic hydroxyl groups is 1. The van der Waals surface area contributed by atoms with Crippen molar-refractivity contribution < 1.29 is 62.8 Å². The van der Waals surface area contributed by atoms with Crippen LogP contribution >= 0.6 is 34.8 Å². The highest BCUT2D eigenvalue weighted by atomic mass is 35.5. The molecule has 8 heterocycles. The summed E-state index contributed by atoms with van der Waals surface area (Å²) < 4.78 is 17.1. The number of benzene rings is 7. The van der Waals surface area contributed by atoms with Crippen molar-refractivity contribution in [1.82, 2.24) is 30.4 Å². The fourth-order valence-electron chi connectivity index (χ4n) is 15.2. The van der Waals surface area contributed by atoms with E-state index in [4.69, 9.17) is 61.3 Å². The van der Waals surface area contributed by atoms with Crippen LogP contribution in [0.2, 0.25) is 10.3 Å². The van der Waals surface area contributed by atoms with Crippen molar-refractivity contribution in [3.05, 3.63) is 337 Å². The van der Waals surface area contributed by atoms with Gasteiger partial charge in [-0.25, -0.2) is 30.4 Å². The van der Waals surface area contributed by atoms with E-state index in [1.54, 1.807) is 102 Å². The number of nitro groups is 2. The molecule has 7 saturated carbocycles. The molecule has 0 saturated heterocycles. The summed E-state index contributed by atoms with van der Waals surface area (Å²) in [6.07, 6.45) is 27.0. The number of esters is 1. The van der Waals surface area contributed by atoms with Crippen LogP contribution in [0.5, 0.6) is 0 Å². The number of aromatic nitrogens is 5. The molecular weight excluding hydrogens is 1870 g/mol. The molecule has 32 nitrogen and oxygen atoms in total. The molecule has 7 aliphatic carbocycles. The van der Waals surface area contributed by atoms with Crippen LogP contribution in [-0.2, 0) is 27.2 Å². The Bertz CT molecular complexity index is 6210. The first-order valence-corrected chi connectivity index (χ1v) is 48.3. The van der Waals surface area contributed by atoms with E-state index in [-0.39, 0.29) is 75.3 Å². The average Bonchev–Trinajstić information content (AvgIpc) is 1.61. The number of methoxy groups -OCH3 is 1. The van der Waals surface area contributed by atoms with Crippen molar-refractivity contribution in [3.8, 4) is 0 Å². The maximum Gasteiger partial charge on any atom is 0.305 e. The molecule has 0 atom stereocenters. The molecule has 0 bridgehead atoms. The van der Waals surface area contributed by atoms with Gasteiger partial charge in [-0.15, -0.1) is 0 Å².